The summed E-state index contributed by atoms with van der Waals surface area (Å²) in [5.74, 6) is 0.770. The van der Waals surface area contributed by atoms with Gasteiger partial charge in [0.25, 0.3) is 0 Å². The molecule has 3 aliphatic rings. The van der Waals surface area contributed by atoms with Gasteiger partial charge in [-0.2, -0.15) is 0 Å². The number of aromatic carboxylic acids is 1. The Kier molecular flexibility index (Phi) is 6.56. The molecule has 2 saturated carbocycles. The molecule has 3 aromatic carbocycles. The van der Waals surface area contributed by atoms with E-state index in [1.54, 1.807) is 24.3 Å². The topological polar surface area (TPSA) is 68.1 Å². The zero-order chi connectivity index (χ0) is 25.7. The Morgan fingerprint density at radius 3 is 2.35 bits per heavy atom. The van der Waals surface area contributed by atoms with Gasteiger partial charge in [0.2, 0.25) is 0 Å². The van der Waals surface area contributed by atoms with Crippen LogP contribution >= 0.6 is 34.8 Å². The summed E-state index contributed by atoms with van der Waals surface area (Å²) in [4.78, 5) is 17.0. The second-order valence-corrected chi connectivity index (χ2v) is 11.2. The number of carboxylic acid groups (broad SMARTS) is 1. The summed E-state index contributed by atoms with van der Waals surface area (Å²) in [6, 6.07) is 18.3. The fraction of sp³-hybridized carbons (Fsp3) is 0.310. The molecule has 1 aliphatic heterocycles. The predicted molar refractivity (Wildman–Crippen MR) is 145 cm³/mol. The van der Waals surface area contributed by atoms with Gasteiger partial charge in [0.05, 0.1) is 21.5 Å². The number of hydrogen-bond donors (Lipinski definition) is 1. The van der Waals surface area contributed by atoms with E-state index < -0.39 is 5.97 Å². The molecular weight excluding hydrogens is 533 g/mol. The van der Waals surface area contributed by atoms with Crippen molar-refractivity contribution in [3.63, 3.8) is 0 Å². The number of benzene rings is 3. The SMILES string of the molecule is O=C(O)c1ccc(C2CC2c2ccc(OCC3C(c4c(Cl)cccc4Cl)=NOC3C3CC3)cc2Cl)cc1. The molecule has 0 radical (unpaired) electrons. The van der Waals surface area contributed by atoms with E-state index in [0.29, 0.717) is 56.3 Å². The van der Waals surface area contributed by atoms with Crippen LogP contribution < -0.4 is 4.74 Å². The first kappa shape index (κ1) is 24.6. The van der Waals surface area contributed by atoms with Gasteiger partial charge in [-0.05, 0) is 84.5 Å². The summed E-state index contributed by atoms with van der Waals surface area (Å²) in [5.41, 5.74) is 3.93. The van der Waals surface area contributed by atoms with Crippen LogP contribution in [0.5, 0.6) is 5.75 Å². The van der Waals surface area contributed by atoms with E-state index in [4.69, 9.17) is 49.5 Å². The van der Waals surface area contributed by atoms with Crippen molar-refractivity contribution in [2.75, 3.05) is 6.61 Å². The van der Waals surface area contributed by atoms with Crippen LogP contribution in [0.25, 0.3) is 0 Å². The predicted octanol–water partition coefficient (Wildman–Crippen LogP) is 7.82. The monoisotopic (exact) mass is 555 g/mol. The van der Waals surface area contributed by atoms with E-state index in [2.05, 4.69) is 5.16 Å². The average Bonchev–Trinajstić information content (AvgIpc) is 3.81. The minimum Gasteiger partial charge on any atom is -0.493 e. The van der Waals surface area contributed by atoms with Gasteiger partial charge in [-0.15, -0.1) is 0 Å². The molecule has 4 atom stereocenters. The molecule has 1 N–H and O–H groups in total. The van der Waals surface area contributed by atoms with Crippen molar-refractivity contribution in [3.8, 4) is 5.75 Å². The van der Waals surface area contributed by atoms with Crippen LogP contribution in [-0.4, -0.2) is 29.5 Å². The molecule has 0 aromatic heterocycles. The van der Waals surface area contributed by atoms with Crippen LogP contribution in [0.1, 0.15) is 58.1 Å². The summed E-state index contributed by atoms with van der Waals surface area (Å²) >= 11 is 19.7. The van der Waals surface area contributed by atoms with Crippen molar-refractivity contribution in [1.82, 2.24) is 0 Å². The van der Waals surface area contributed by atoms with Crippen molar-refractivity contribution in [3.05, 3.63) is 98.0 Å². The van der Waals surface area contributed by atoms with Crippen molar-refractivity contribution >= 4 is 46.5 Å². The molecule has 0 bridgehead atoms. The quantitative estimate of drug-likeness (QED) is 0.307. The summed E-state index contributed by atoms with van der Waals surface area (Å²) < 4.78 is 6.23. The standard InChI is InChI=1S/C29H24Cl3NO4/c30-23-2-1-3-24(31)26(23)27-22(28(37-33-27)16-6-7-16)14-36-18-10-11-19(25(32)12-18)21-13-20(21)15-4-8-17(9-5-15)29(34)35/h1-5,8-12,16,20-22,28H,6-7,13-14H2,(H,34,35). The Balaban J connectivity index is 1.15. The van der Waals surface area contributed by atoms with E-state index in [1.165, 1.54) is 0 Å². The molecule has 190 valence electrons. The number of carbonyl (C=O) groups is 1. The van der Waals surface area contributed by atoms with Gasteiger partial charge in [-0.25, -0.2) is 4.79 Å². The molecule has 5 nitrogen and oxygen atoms in total. The highest BCUT2D eigenvalue weighted by atomic mass is 35.5. The van der Waals surface area contributed by atoms with E-state index in [1.807, 2.05) is 36.4 Å². The first-order valence-corrected chi connectivity index (χ1v) is 13.5. The first-order valence-electron chi connectivity index (χ1n) is 12.3. The highest BCUT2D eigenvalue weighted by molar-refractivity contribution is 6.40. The normalized spacial score (nSPS) is 24.4. The second-order valence-electron chi connectivity index (χ2n) is 9.96. The van der Waals surface area contributed by atoms with Gasteiger partial charge >= 0.3 is 5.97 Å². The van der Waals surface area contributed by atoms with Gasteiger partial charge in [-0.3, -0.25) is 0 Å². The first-order chi connectivity index (χ1) is 17.9. The maximum Gasteiger partial charge on any atom is 0.335 e. The maximum absolute atomic E-state index is 11.1. The van der Waals surface area contributed by atoms with E-state index in [9.17, 15) is 4.79 Å². The zero-order valence-electron chi connectivity index (χ0n) is 19.7. The van der Waals surface area contributed by atoms with Gasteiger partial charge in [0.1, 0.15) is 24.2 Å². The summed E-state index contributed by atoms with van der Waals surface area (Å²) in [7, 11) is 0. The number of rotatable bonds is 8. The lowest BCUT2D eigenvalue weighted by molar-refractivity contribution is 0.0340. The van der Waals surface area contributed by atoms with Crippen molar-refractivity contribution in [2.45, 2.75) is 37.2 Å². The average molecular weight is 557 g/mol. The largest absolute Gasteiger partial charge is 0.493 e. The highest BCUT2D eigenvalue weighted by Gasteiger charge is 2.46. The van der Waals surface area contributed by atoms with Crippen molar-refractivity contribution < 1.29 is 19.5 Å². The number of oxime groups is 1. The molecule has 3 aromatic rings. The summed E-state index contributed by atoms with van der Waals surface area (Å²) in [6.07, 6.45) is 3.15. The lowest BCUT2D eigenvalue weighted by Crippen LogP contribution is -2.31. The van der Waals surface area contributed by atoms with E-state index in [0.717, 1.165) is 36.1 Å². The minimum atomic E-state index is -0.918. The Morgan fingerprint density at radius 1 is 0.973 bits per heavy atom. The molecular formula is C29H24Cl3NO4. The van der Waals surface area contributed by atoms with Crippen LogP contribution in [0.4, 0.5) is 0 Å². The van der Waals surface area contributed by atoms with E-state index in [-0.39, 0.29) is 12.0 Å². The number of nitrogens with zero attached hydrogens (tertiary/aromatic N) is 1. The molecule has 6 rings (SSSR count). The van der Waals surface area contributed by atoms with Crippen molar-refractivity contribution in [2.24, 2.45) is 17.0 Å². The molecule has 0 saturated heterocycles. The van der Waals surface area contributed by atoms with Crippen LogP contribution in [0.3, 0.4) is 0 Å². The van der Waals surface area contributed by atoms with Crippen LogP contribution in [0.15, 0.2) is 65.8 Å². The van der Waals surface area contributed by atoms with Crippen LogP contribution in [0, 0.1) is 11.8 Å². The van der Waals surface area contributed by atoms with E-state index >= 15 is 0 Å². The molecule has 1 heterocycles. The van der Waals surface area contributed by atoms with Gasteiger partial charge in [-0.1, -0.05) is 64.2 Å². The van der Waals surface area contributed by atoms with Gasteiger partial charge < -0.3 is 14.7 Å². The lowest BCUT2D eigenvalue weighted by Gasteiger charge is -2.20. The minimum absolute atomic E-state index is 0.0585. The Bertz CT molecular complexity index is 1370. The Morgan fingerprint density at radius 2 is 1.70 bits per heavy atom. The van der Waals surface area contributed by atoms with Crippen LogP contribution in [0.2, 0.25) is 15.1 Å². The molecule has 0 spiro atoms. The molecule has 8 heteroatoms. The third-order valence-electron chi connectivity index (χ3n) is 7.50. The Labute approximate surface area is 229 Å². The molecule has 2 aliphatic carbocycles. The summed E-state index contributed by atoms with van der Waals surface area (Å²) in [6.45, 7) is 0.374. The molecule has 2 fully saturated rings. The molecule has 37 heavy (non-hydrogen) atoms. The smallest absolute Gasteiger partial charge is 0.335 e. The molecule has 0 amide bonds. The third kappa shape index (κ3) is 4.93. The van der Waals surface area contributed by atoms with Gasteiger partial charge in [0.15, 0.2) is 0 Å². The maximum atomic E-state index is 11.1. The number of carboxylic acids is 1. The zero-order valence-corrected chi connectivity index (χ0v) is 22.0. The molecule has 4 unspecified atom stereocenters. The number of ether oxygens (including phenoxy) is 1. The summed E-state index contributed by atoms with van der Waals surface area (Å²) in [5, 5.41) is 15.3. The lowest BCUT2D eigenvalue weighted by atomic mass is 9.90. The fourth-order valence-corrected chi connectivity index (χ4v) is 6.17. The van der Waals surface area contributed by atoms with Crippen molar-refractivity contribution in [1.29, 1.82) is 0 Å². The highest BCUT2D eigenvalue weighted by Crippen LogP contribution is 2.56. The van der Waals surface area contributed by atoms with Gasteiger partial charge in [0, 0.05) is 10.6 Å². The fourth-order valence-electron chi connectivity index (χ4n) is 5.27. The Hall–Kier alpha value is -2.73. The second kappa shape index (κ2) is 9.86. The number of halogens is 3. The third-order valence-corrected chi connectivity index (χ3v) is 8.46. The van der Waals surface area contributed by atoms with Crippen LogP contribution in [-0.2, 0) is 4.84 Å². The number of hydrogen-bond acceptors (Lipinski definition) is 4.